The van der Waals surface area contributed by atoms with Crippen LogP contribution in [0.25, 0.3) is 0 Å². The number of nitrogens with one attached hydrogen (secondary N) is 1. The van der Waals surface area contributed by atoms with Crippen LogP contribution in [0.3, 0.4) is 0 Å². The normalized spacial score (nSPS) is 19.4. The van der Waals surface area contributed by atoms with Crippen LogP contribution >= 0.6 is 15.9 Å². The lowest BCUT2D eigenvalue weighted by Crippen LogP contribution is -2.30. The number of rotatable bonds is 0. The van der Waals surface area contributed by atoms with Gasteiger partial charge in [-0.05, 0) is 30.1 Å². The van der Waals surface area contributed by atoms with Crippen LogP contribution in [-0.4, -0.2) is 22.1 Å². The number of alkyl halides is 1. The molecule has 0 aromatic rings. The number of halogens is 2. The third-order valence-corrected chi connectivity index (χ3v) is 2.18. The molecule has 1 aliphatic rings. The quantitative estimate of drug-likeness (QED) is 0.517. The molecule has 0 saturated carbocycles. The van der Waals surface area contributed by atoms with Gasteiger partial charge in [-0.2, -0.15) is 0 Å². The number of hydrogen-bond donors (Lipinski definition) is 2. The summed E-state index contributed by atoms with van der Waals surface area (Å²) >= 11 is 0.152. The molecule has 1 aliphatic heterocycles. The Morgan fingerprint density at radius 1 is 1.36 bits per heavy atom. The first-order chi connectivity index (χ1) is 5.13. The molecule has 11 heavy (non-hydrogen) atoms. The molecule has 68 valence electrons. The lowest BCUT2D eigenvalue weighted by Gasteiger charge is -2.15. The highest BCUT2D eigenvalue weighted by Gasteiger charge is 2.06. The number of hydrogen-bond acceptors (Lipinski definition) is 4. The molecule has 1 rings (SSSR count). The van der Waals surface area contributed by atoms with Gasteiger partial charge in [-0.3, -0.25) is 0 Å². The highest BCUT2D eigenvalue weighted by Crippen LogP contribution is 2.10. The van der Waals surface area contributed by atoms with Crippen LogP contribution in [0, 0.1) is 14.8 Å². The summed E-state index contributed by atoms with van der Waals surface area (Å²) in [6, 6.07) is 0. The molecule has 0 bridgehead atoms. The molecule has 0 aromatic carbocycles. The zero-order valence-electron chi connectivity index (χ0n) is 5.93. The first kappa shape index (κ1) is 11.8. The van der Waals surface area contributed by atoms with E-state index in [0.717, 1.165) is 4.83 Å². The van der Waals surface area contributed by atoms with E-state index in [1.54, 1.807) is 0 Å². The average molecular weight is 293 g/mol. The van der Waals surface area contributed by atoms with E-state index in [9.17, 15) is 0 Å². The Balaban J connectivity index is 0.000000218. The fourth-order valence-corrected chi connectivity index (χ4v) is 1.24. The van der Waals surface area contributed by atoms with Gasteiger partial charge < -0.3 is 13.7 Å². The SMILES string of the molecule is BrC1CCNCC1.[O-][Br+2]([O-])O. The molecule has 1 heterocycles. The Hall–Kier alpha value is 0.800. The minimum atomic E-state index is -3.40. The molecule has 2 N–H and O–H groups in total. The molecule has 1 fully saturated rings. The van der Waals surface area contributed by atoms with Crippen LogP contribution in [0.5, 0.6) is 0 Å². The van der Waals surface area contributed by atoms with Crippen molar-refractivity contribution in [2.45, 2.75) is 17.7 Å². The zero-order chi connectivity index (χ0) is 8.69. The molecule has 0 atom stereocenters. The molecule has 0 amide bonds. The monoisotopic (exact) mass is 291 g/mol. The van der Waals surface area contributed by atoms with Gasteiger partial charge in [0.1, 0.15) is 0 Å². The molecule has 0 spiro atoms. The lowest BCUT2D eigenvalue weighted by atomic mass is 10.2. The smallest absolute Gasteiger partial charge is 0.372 e. The fraction of sp³-hybridized carbons (Fsp3) is 1.00. The molecule has 0 aromatic heterocycles. The fourth-order valence-electron chi connectivity index (χ4n) is 0.787. The van der Waals surface area contributed by atoms with Crippen molar-refractivity contribution >= 4 is 15.9 Å². The summed E-state index contributed by atoms with van der Waals surface area (Å²) in [5.74, 6) is 0. The largest absolute Gasteiger partial charge is 0.433 e. The summed E-state index contributed by atoms with van der Waals surface area (Å²) in [4.78, 5) is 0.786. The summed E-state index contributed by atoms with van der Waals surface area (Å²) < 4.78 is 24.3. The van der Waals surface area contributed by atoms with Crippen LogP contribution in [0.4, 0.5) is 0 Å². The van der Waals surface area contributed by atoms with E-state index in [1.807, 2.05) is 0 Å². The van der Waals surface area contributed by atoms with Crippen molar-refractivity contribution in [2.24, 2.45) is 0 Å². The van der Waals surface area contributed by atoms with Gasteiger partial charge in [0.05, 0.1) is 0 Å². The van der Waals surface area contributed by atoms with Gasteiger partial charge >= 0.3 is 14.8 Å². The van der Waals surface area contributed by atoms with E-state index < -0.39 is 14.8 Å². The molecular weight excluding hydrogens is 282 g/mol. The maximum absolute atomic E-state index is 8.63. The van der Waals surface area contributed by atoms with E-state index in [0.29, 0.717) is 0 Å². The Morgan fingerprint density at radius 2 is 1.73 bits per heavy atom. The van der Waals surface area contributed by atoms with E-state index in [4.69, 9.17) is 12.6 Å². The Kier molecular flexibility index (Phi) is 7.99. The predicted octanol–water partition coefficient (Wildman–Crippen LogP) is -1.80. The predicted molar refractivity (Wildman–Crippen MR) is 37.0 cm³/mol. The van der Waals surface area contributed by atoms with Gasteiger partial charge in [0.2, 0.25) is 0 Å². The Bertz CT molecular complexity index is 85.0. The van der Waals surface area contributed by atoms with Crippen molar-refractivity contribution in [3.8, 4) is 0 Å². The third kappa shape index (κ3) is 10.8. The summed E-state index contributed by atoms with van der Waals surface area (Å²) in [6.45, 7) is 2.38. The number of piperidine rings is 1. The molecule has 6 heteroatoms. The van der Waals surface area contributed by atoms with Crippen LogP contribution < -0.4 is 13.7 Å². The second kappa shape index (κ2) is 7.45. The summed E-state index contributed by atoms with van der Waals surface area (Å²) in [5, 5.41) is 3.29. The van der Waals surface area contributed by atoms with Crippen molar-refractivity contribution in [1.82, 2.24) is 5.32 Å². The summed E-state index contributed by atoms with van der Waals surface area (Å²) in [5.41, 5.74) is 0. The van der Waals surface area contributed by atoms with Crippen molar-refractivity contribution in [3.05, 3.63) is 0 Å². The topological polar surface area (TPSA) is 78.4 Å². The standard InChI is InChI=1S/C5H10BrN.BrHO3/c6-5-1-3-7-4-2-5;2-1(3)4/h5,7H,1-4H2;2H. The minimum Gasteiger partial charge on any atom is -0.372 e. The van der Waals surface area contributed by atoms with Crippen molar-refractivity contribution in [2.75, 3.05) is 13.1 Å². The molecule has 4 nitrogen and oxygen atoms in total. The molecular formula is C5H11Br2NO3. The Labute approximate surface area is 79.6 Å². The van der Waals surface area contributed by atoms with Gasteiger partial charge in [0, 0.05) is 4.83 Å². The van der Waals surface area contributed by atoms with Crippen LogP contribution in [-0.2, 0) is 0 Å². The highest BCUT2D eigenvalue weighted by atomic mass is 80.0. The lowest BCUT2D eigenvalue weighted by molar-refractivity contribution is -1.63. The maximum atomic E-state index is 8.63. The van der Waals surface area contributed by atoms with Crippen molar-refractivity contribution < 1.29 is 27.4 Å². The first-order valence-corrected chi connectivity index (χ1v) is 6.14. The van der Waals surface area contributed by atoms with Gasteiger partial charge in [-0.25, -0.2) is 0 Å². The highest BCUT2D eigenvalue weighted by molar-refractivity contribution is 9.09. The molecule has 0 unspecified atom stereocenters. The first-order valence-electron chi connectivity index (χ1n) is 3.22. The average Bonchev–Trinajstić information content (AvgIpc) is 1.87. The zero-order valence-corrected chi connectivity index (χ0v) is 9.10. The van der Waals surface area contributed by atoms with Crippen LogP contribution in [0.1, 0.15) is 12.8 Å². The van der Waals surface area contributed by atoms with Crippen molar-refractivity contribution in [3.63, 3.8) is 0 Å². The van der Waals surface area contributed by atoms with E-state index in [2.05, 4.69) is 21.2 Å². The van der Waals surface area contributed by atoms with Gasteiger partial charge in [-0.15, -0.1) is 0 Å². The second-order valence-corrected chi connectivity index (χ2v) is 4.26. The Morgan fingerprint density at radius 3 is 1.91 bits per heavy atom. The van der Waals surface area contributed by atoms with Gasteiger partial charge in [0.15, 0.2) is 0 Å². The van der Waals surface area contributed by atoms with Gasteiger partial charge in [-0.1, -0.05) is 15.9 Å². The van der Waals surface area contributed by atoms with Gasteiger partial charge in [0.25, 0.3) is 0 Å². The van der Waals surface area contributed by atoms with Crippen LogP contribution in [0.15, 0.2) is 0 Å². The molecule has 0 radical (unpaired) electrons. The second-order valence-electron chi connectivity index (χ2n) is 2.13. The summed E-state index contributed by atoms with van der Waals surface area (Å²) in [6.07, 6.45) is 2.58. The minimum absolute atomic E-state index is 0.786. The maximum Gasteiger partial charge on any atom is 0.433 e. The molecule has 0 aliphatic carbocycles. The van der Waals surface area contributed by atoms with Crippen molar-refractivity contribution in [1.29, 1.82) is 0 Å². The van der Waals surface area contributed by atoms with Crippen LogP contribution in [0.2, 0.25) is 0 Å². The van der Waals surface area contributed by atoms with E-state index in [-0.39, 0.29) is 0 Å². The van der Waals surface area contributed by atoms with E-state index in [1.165, 1.54) is 25.9 Å². The summed E-state index contributed by atoms with van der Waals surface area (Å²) in [7, 11) is 0. The molecule has 1 saturated heterocycles. The third-order valence-electron chi connectivity index (χ3n) is 1.27. The van der Waals surface area contributed by atoms with E-state index >= 15 is 0 Å².